The molecule has 2 N–H and O–H groups in total. The summed E-state index contributed by atoms with van der Waals surface area (Å²) in [4.78, 5) is 11.9. The van der Waals surface area contributed by atoms with Gasteiger partial charge >= 0.3 is 0 Å². The number of aromatic nitrogens is 1. The fourth-order valence-electron chi connectivity index (χ4n) is 2.78. The maximum Gasteiger partial charge on any atom is 0.189 e. The van der Waals surface area contributed by atoms with E-state index >= 15 is 4.39 Å². The third kappa shape index (κ3) is 2.53. The van der Waals surface area contributed by atoms with Crippen molar-refractivity contribution in [1.29, 1.82) is 0 Å². The number of hydrogen-bond acceptors (Lipinski definition) is 2. The standard InChI is InChI=1S/C18H16F2N2O/c1-2-22-7-6-15(23)13-9-14(19)16(17(20)18(13)22)12-5-3-4-11(8-12)10-21/h3-9H,2,10,21H2,1H3. The molecule has 0 fully saturated rings. The predicted octanol–water partition coefficient (Wildman–Crippen LogP) is 3.43. The zero-order valence-electron chi connectivity index (χ0n) is 12.6. The molecule has 1 heterocycles. The van der Waals surface area contributed by atoms with Crippen molar-refractivity contribution < 1.29 is 8.78 Å². The topological polar surface area (TPSA) is 48.0 Å². The molecule has 0 saturated carbocycles. The van der Waals surface area contributed by atoms with Gasteiger partial charge in [-0.05, 0) is 30.2 Å². The number of fused-ring (bicyclic) bond motifs is 1. The summed E-state index contributed by atoms with van der Waals surface area (Å²) >= 11 is 0. The van der Waals surface area contributed by atoms with Crippen molar-refractivity contribution in [2.24, 2.45) is 5.73 Å². The number of rotatable bonds is 3. The molecule has 1 aromatic heterocycles. The van der Waals surface area contributed by atoms with Gasteiger partial charge in [-0.2, -0.15) is 0 Å². The van der Waals surface area contributed by atoms with Crippen LogP contribution >= 0.6 is 0 Å². The molecule has 2 aromatic carbocycles. The Hall–Kier alpha value is -2.53. The third-order valence-corrected chi connectivity index (χ3v) is 3.94. The van der Waals surface area contributed by atoms with Gasteiger partial charge in [0.2, 0.25) is 0 Å². The molecule has 0 aliphatic carbocycles. The monoisotopic (exact) mass is 314 g/mol. The van der Waals surface area contributed by atoms with Gasteiger partial charge in [-0.1, -0.05) is 18.2 Å². The average molecular weight is 314 g/mol. The van der Waals surface area contributed by atoms with E-state index in [0.717, 1.165) is 11.6 Å². The van der Waals surface area contributed by atoms with Gasteiger partial charge < -0.3 is 10.3 Å². The van der Waals surface area contributed by atoms with Crippen molar-refractivity contribution >= 4 is 10.9 Å². The lowest BCUT2D eigenvalue weighted by Crippen LogP contribution is -2.10. The van der Waals surface area contributed by atoms with E-state index < -0.39 is 17.1 Å². The number of benzene rings is 2. The first-order valence-corrected chi connectivity index (χ1v) is 7.37. The number of halogens is 2. The van der Waals surface area contributed by atoms with Crippen LogP contribution in [0.4, 0.5) is 8.78 Å². The van der Waals surface area contributed by atoms with Crippen molar-refractivity contribution in [1.82, 2.24) is 4.57 Å². The molecule has 0 spiro atoms. The van der Waals surface area contributed by atoms with Crippen LogP contribution in [0.1, 0.15) is 12.5 Å². The summed E-state index contributed by atoms with van der Waals surface area (Å²) in [5, 5.41) is 0.0445. The van der Waals surface area contributed by atoms with E-state index in [2.05, 4.69) is 0 Å². The second kappa shape index (κ2) is 5.93. The Morgan fingerprint density at radius 1 is 1.17 bits per heavy atom. The number of hydrogen-bond donors (Lipinski definition) is 1. The fraction of sp³-hybridized carbons (Fsp3) is 0.167. The SMILES string of the molecule is CCn1ccc(=O)c2cc(F)c(-c3cccc(CN)c3)c(F)c21. The number of pyridine rings is 1. The van der Waals surface area contributed by atoms with Crippen LogP contribution < -0.4 is 11.2 Å². The van der Waals surface area contributed by atoms with E-state index in [9.17, 15) is 9.18 Å². The Labute approximate surface area is 132 Å². The molecule has 118 valence electrons. The van der Waals surface area contributed by atoms with Gasteiger partial charge in [0.05, 0.1) is 16.5 Å². The van der Waals surface area contributed by atoms with Crippen LogP contribution in [-0.4, -0.2) is 4.57 Å². The minimum atomic E-state index is -0.755. The predicted molar refractivity (Wildman–Crippen MR) is 87.1 cm³/mol. The quantitative estimate of drug-likeness (QED) is 0.805. The van der Waals surface area contributed by atoms with Gasteiger partial charge in [-0.15, -0.1) is 0 Å². The summed E-state index contributed by atoms with van der Waals surface area (Å²) in [5.74, 6) is -1.48. The summed E-state index contributed by atoms with van der Waals surface area (Å²) < 4.78 is 31.1. The largest absolute Gasteiger partial charge is 0.345 e. The van der Waals surface area contributed by atoms with Crippen LogP contribution in [0.25, 0.3) is 22.0 Å². The Morgan fingerprint density at radius 2 is 1.96 bits per heavy atom. The zero-order chi connectivity index (χ0) is 16.6. The Bertz CT molecular complexity index is 948. The summed E-state index contributed by atoms with van der Waals surface area (Å²) in [6.45, 7) is 2.59. The van der Waals surface area contributed by atoms with Gasteiger partial charge in [-0.3, -0.25) is 4.79 Å². The van der Waals surface area contributed by atoms with E-state index in [-0.39, 0.29) is 23.0 Å². The molecule has 0 aliphatic rings. The highest BCUT2D eigenvalue weighted by atomic mass is 19.1. The van der Waals surface area contributed by atoms with Gasteiger partial charge in [0, 0.05) is 25.4 Å². The highest BCUT2D eigenvalue weighted by Crippen LogP contribution is 2.31. The second-order valence-electron chi connectivity index (χ2n) is 5.31. The van der Waals surface area contributed by atoms with Gasteiger partial charge in [0.1, 0.15) is 5.82 Å². The lowest BCUT2D eigenvalue weighted by molar-refractivity contribution is 0.590. The molecule has 23 heavy (non-hydrogen) atoms. The van der Waals surface area contributed by atoms with Crippen molar-refractivity contribution in [2.75, 3.05) is 0 Å². The fourth-order valence-corrected chi connectivity index (χ4v) is 2.78. The molecule has 0 unspecified atom stereocenters. The lowest BCUT2D eigenvalue weighted by Gasteiger charge is -2.13. The molecular formula is C18H16F2N2O. The van der Waals surface area contributed by atoms with Crippen molar-refractivity contribution in [3.8, 4) is 11.1 Å². The van der Waals surface area contributed by atoms with Crippen LogP contribution in [0.3, 0.4) is 0 Å². The Balaban J connectivity index is 2.40. The molecule has 0 amide bonds. The third-order valence-electron chi connectivity index (χ3n) is 3.94. The highest BCUT2D eigenvalue weighted by molar-refractivity contribution is 5.86. The molecule has 3 nitrogen and oxygen atoms in total. The summed E-state index contributed by atoms with van der Waals surface area (Å²) in [5.41, 5.74) is 6.37. The van der Waals surface area contributed by atoms with E-state index in [1.54, 1.807) is 28.8 Å². The van der Waals surface area contributed by atoms with Crippen LogP contribution in [0.15, 0.2) is 47.4 Å². The minimum Gasteiger partial charge on any atom is -0.345 e. The first-order chi connectivity index (χ1) is 11.1. The summed E-state index contributed by atoms with van der Waals surface area (Å²) in [6, 6.07) is 9.21. The number of aryl methyl sites for hydroxylation is 1. The lowest BCUT2D eigenvalue weighted by atomic mass is 9.99. The van der Waals surface area contributed by atoms with Crippen LogP contribution in [0, 0.1) is 11.6 Å². The highest BCUT2D eigenvalue weighted by Gasteiger charge is 2.19. The normalized spacial score (nSPS) is 11.1. The minimum absolute atomic E-state index is 0.0445. The van der Waals surface area contributed by atoms with Crippen LogP contribution in [-0.2, 0) is 13.1 Å². The molecule has 0 saturated heterocycles. The van der Waals surface area contributed by atoms with Gasteiger partial charge in [0.25, 0.3) is 0 Å². The maximum atomic E-state index is 15.0. The molecule has 3 rings (SSSR count). The number of nitrogens with zero attached hydrogens (tertiary/aromatic N) is 1. The number of nitrogens with two attached hydrogens (primary N) is 1. The summed E-state index contributed by atoms with van der Waals surface area (Å²) in [6.07, 6.45) is 1.52. The van der Waals surface area contributed by atoms with Crippen molar-refractivity contribution in [3.63, 3.8) is 0 Å². The molecule has 0 radical (unpaired) electrons. The van der Waals surface area contributed by atoms with Gasteiger partial charge in [0.15, 0.2) is 11.2 Å². The molecule has 0 atom stereocenters. The molecular weight excluding hydrogens is 298 g/mol. The second-order valence-corrected chi connectivity index (χ2v) is 5.31. The van der Waals surface area contributed by atoms with Crippen LogP contribution in [0.2, 0.25) is 0 Å². The zero-order valence-corrected chi connectivity index (χ0v) is 12.6. The van der Waals surface area contributed by atoms with E-state index in [0.29, 0.717) is 12.1 Å². The Morgan fingerprint density at radius 3 is 2.65 bits per heavy atom. The molecule has 5 heteroatoms. The first kappa shape index (κ1) is 15.4. The van der Waals surface area contributed by atoms with Crippen LogP contribution in [0.5, 0.6) is 0 Å². The van der Waals surface area contributed by atoms with Crippen molar-refractivity contribution in [3.05, 3.63) is 70.0 Å². The molecule has 0 bridgehead atoms. The van der Waals surface area contributed by atoms with E-state index in [1.807, 2.05) is 6.92 Å². The van der Waals surface area contributed by atoms with E-state index in [1.165, 1.54) is 12.3 Å². The van der Waals surface area contributed by atoms with E-state index in [4.69, 9.17) is 5.73 Å². The first-order valence-electron chi connectivity index (χ1n) is 7.37. The summed E-state index contributed by atoms with van der Waals surface area (Å²) in [7, 11) is 0. The Kier molecular flexibility index (Phi) is 3.96. The van der Waals surface area contributed by atoms with Crippen molar-refractivity contribution in [2.45, 2.75) is 20.0 Å². The molecule has 0 aliphatic heterocycles. The van der Waals surface area contributed by atoms with Gasteiger partial charge in [-0.25, -0.2) is 8.78 Å². The maximum absolute atomic E-state index is 15.0. The molecule has 3 aromatic rings. The smallest absolute Gasteiger partial charge is 0.189 e. The average Bonchev–Trinajstić information content (AvgIpc) is 2.56.